The van der Waals surface area contributed by atoms with Gasteiger partial charge < -0.3 is 34.6 Å². The van der Waals surface area contributed by atoms with Crippen molar-refractivity contribution in [1.82, 2.24) is 19.8 Å². The van der Waals surface area contributed by atoms with Gasteiger partial charge in [0.25, 0.3) is 5.91 Å². The smallest absolute Gasteiger partial charge is 0.258 e. The summed E-state index contributed by atoms with van der Waals surface area (Å²) in [7, 11) is 0. The maximum Gasteiger partial charge on any atom is 0.258 e. The lowest BCUT2D eigenvalue weighted by atomic mass is 9.72. The van der Waals surface area contributed by atoms with Gasteiger partial charge in [-0.3, -0.25) is 4.79 Å². The summed E-state index contributed by atoms with van der Waals surface area (Å²) >= 11 is 0. The predicted octanol–water partition coefficient (Wildman–Crippen LogP) is 3.88. The summed E-state index contributed by atoms with van der Waals surface area (Å²) in [6.07, 6.45) is 8.52. The average molecular weight is 619 g/mol. The molecule has 6 rings (SSSR count). The van der Waals surface area contributed by atoms with Crippen LogP contribution in [0.1, 0.15) is 56.3 Å². The van der Waals surface area contributed by atoms with E-state index in [2.05, 4.69) is 19.8 Å². The van der Waals surface area contributed by atoms with Crippen LogP contribution in [-0.2, 0) is 9.47 Å². The van der Waals surface area contributed by atoms with Gasteiger partial charge in [-0.05, 0) is 77.2 Å². The zero-order valence-corrected chi connectivity index (χ0v) is 25.9. The van der Waals surface area contributed by atoms with E-state index in [1.807, 2.05) is 13.8 Å². The van der Waals surface area contributed by atoms with E-state index in [0.717, 1.165) is 64.8 Å². The number of hydrogen-bond donors (Lipinski definition) is 1. The fraction of sp³-hybridized carbons (Fsp3) is 0.645. The first-order valence-electron chi connectivity index (χ1n) is 15.3. The minimum Gasteiger partial charge on any atom is -0.451 e. The molecular weight excluding hydrogens is 575 g/mol. The lowest BCUT2D eigenvalue weighted by molar-refractivity contribution is -0.0277. The molecular formula is C31H44ClFN6O4. The number of piperidine rings is 1. The van der Waals surface area contributed by atoms with Crippen LogP contribution >= 0.6 is 12.4 Å². The van der Waals surface area contributed by atoms with E-state index >= 15 is 0 Å². The number of carbonyl (C=O) groups is 1. The molecule has 4 saturated heterocycles. The number of halogens is 2. The number of rotatable bonds is 8. The zero-order chi connectivity index (χ0) is 29.3. The summed E-state index contributed by atoms with van der Waals surface area (Å²) in [6.45, 7) is 10.6. The average Bonchev–Trinajstić information content (AvgIpc) is 3.49. The van der Waals surface area contributed by atoms with E-state index in [9.17, 15) is 9.18 Å². The molecule has 4 aliphatic rings. The van der Waals surface area contributed by atoms with Crippen LogP contribution in [0.15, 0.2) is 30.7 Å². The highest BCUT2D eigenvalue weighted by Gasteiger charge is 2.46. The molecule has 4 fully saturated rings. The maximum atomic E-state index is 14.4. The summed E-state index contributed by atoms with van der Waals surface area (Å²) in [5, 5.41) is 0. The number of likely N-dealkylation sites (tertiary alicyclic amines) is 1. The Morgan fingerprint density at radius 2 is 1.98 bits per heavy atom. The van der Waals surface area contributed by atoms with Crippen molar-refractivity contribution in [2.75, 3.05) is 57.4 Å². The molecule has 0 aliphatic carbocycles. The number of nitrogens with two attached hydrogens (primary N) is 1. The van der Waals surface area contributed by atoms with Gasteiger partial charge in [-0.25, -0.2) is 14.4 Å². The molecule has 43 heavy (non-hydrogen) atoms. The van der Waals surface area contributed by atoms with Gasteiger partial charge in [0.2, 0.25) is 0 Å². The van der Waals surface area contributed by atoms with Gasteiger partial charge >= 0.3 is 0 Å². The number of aromatic nitrogens is 2. The monoisotopic (exact) mass is 618 g/mol. The van der Waals surface area contributed by atoms with E-state index in [0.29, 0.717) is 37.5 Å². The van der Waals surface area contributed by atoms with Crippen LogP contribution in [0.25, 0.3) is 0 Å². The highest BCUT2D eigenvalue weighted by molar-refractivity contribution is 5.97. The van der Waals surface area contributed by atoms with E-state index in [1.54, 1.807) is 11.1 Å². The van der Waals surface area contributed by atoms with Crippen molar-refractivity contribution in [1.29, 1.82) is 0 Å². The van der Waals surface area contributed by atoms with Crippen molar-refractivity contribution in [3.8, 4) is 11.5 Å². The quantitative estimate of drug-likeness (QED) is 0.472. The molecule has 2 aromatic rings. The Morgan fingerprint density at radius 1 is 1.19 bits per heavy atom. The van der Waals surface area contributed by atoms with Crippen LogP contribution in [0, 0.1) is 11.2 Å². The molecule has 2 N–H and O–H groups in total. The molecule has 1 aromatic carbocycles. The second-order valence-electron chi connectivity index (χ2n) is 12.7. The summed E-state index contributed by atoms with van der Waals surface area (Å²) in [4.78, 5) is 29.0. The Labute approximate surface area is 259 Å². The van der Waals surface area contributed by atoms with Crippen LogP contribution in [0.4, 0.5) is 10.2 Å². The first-order chi connectivity index (χ1) is 20.3. The fourth-order valence-electron chi connectivity index (χ4n) is 6.90. The molecule has 3 atom stereocenters. The van der Waals surface area contributed by atoms with Gasteiger partial charge in [-0.2, -0.15) is 0 Å². The van der Waals surface area contributed by atoms with Crippen molar-refractivity contribution < 1.29 is 23.4 Å². The molecule has 10 nitrogen and oxygen atoms in total. The highest BCUT2D eigenvalue weighted by atomic mass is 35.5. The SMILES string of the molecule is CC(C)N(C(=O)c1cc(F)ccc1Oc1cncnc1N1CC2(CCN(C[C@@H]3CC[C@@H](N)CO3)CC2)C1)[C@H]1CCOC1.Cl. The standard InChI is InChI=1S/C31H43FN6O4.ClH/c1-21(2)38(24-7-12-40-17-24)30(39)26-13-22(32)3-6-27(26)42-28-14-34-20-35-29(28)37-18-31(19-37)8-10-36(11-9-31)15-25-5-4-23(33)16-41-25;/h3,6,13-14,20-21,23-25H,4-5,7-12,15-19,33H2,1-2H3;1H/t23-,24+,25+;/m1./s1. The largest absolute Gasteiger partial charge is 0.451 e. The summed E-state index contributed by atoms with van der Waals surface area (Å²) in [6, 6.07) is 4.13. The molecule has 0 unspecified atom stereocenters. The van der Waals surface area contributed by atoms with Gasteiger partial charge in [0.15, 0.2) is 11.6 Å². The predicted molar refractivity (Wildman–Crippen MR) is 164 cm³/mol. The summed E-state index contributed by atoms with van der Waals surface area (Å²) < 4.78 is 32.2. The molecule has 0 saturated carbocycles. The lowest BCUT2D eigenvalue weighted by Crippen LogP contribution is -2.61. The number of anilines is 1. The van der Waals surface area contributed by atoms with Crippen molar-refractivity contribution in [2.45, 2.75) is 70.2 Å². The van der Waals surface area contributed by atoms with E-state index in [4.69, 9.17) is 19.9 Å². The fourth-order valence-corrected chi connectivity index (χ4v) is 6.90. The van der Waals surface area contributed by atoms with Crippen LogP contribution in [0.5, 0.6) is 11.5 Å². The van der Waals surface area contributed by atoms with Gasteiger partial charge in [0.1, 0.15) is 17.9 Å². The van der Waals surface area contributed by atoms with Crippen LogP contribution in [-0.4, -0.2) is 102 Å². The van der Waals surface area contributed by atoms with E-state index in [1.165, 1.54) is 24.5 Å². The van der Waals surface area contributed by atoms with Crippen molar-refractivity contribution in [3.63, 3.8) is 0 Å². The summed E-state index contributed by atoms with van der Waals surface area (Å²) in [5.41, 5.74) is 6.42. The minimum atomic E-state index is -0.490. The molecule has 236 valence electrons. The van der Waals surface area contributed by atoms with Gasteiger partial charge in [-0.1, -0.05) is 0 Å². The van der Waals surface area contributed by atoms with E-state index < -0.39 is 5.82 Å². The zero-order valence-electron chi connectivity index (χ0n) is 25.1. The normalized spacial score (nSPS) is 25.3. The third-order valence-electron chi connectivity index (χ3n) is 9.28. The Hall–Kier alpha value is -2.57. The van der Waals surface area contributed by atoms with Crippen molar-refractivity contribution in [3.05, 3.63) is 42.1 Å². The molecule has 5 heterocycles. The number of ether oxygens (including phenoxy) is 3. The van der Waals surface area contributed by atoms with E-state index in [-0.39, 0.29) is 53.2 Å². The Balaban J connectivity index is 0.00000368. The topological polar surface area (TPSA) is 106 Å². The first kappa shape index (κ1) is 31.8. The number of nitrogens with zero attached hydrogens (tertiary/aromatic N) is 5. The molecule has 12 heteroatoms. The van der Waals surface area contributed by atoms with Crippen molar-refractivity contribution in [2.24, 2.45) is 11.1 Å². The number of carbonyl (C=O) groups excluding carboxylic acids is 1. The molecule has 4 aliphatic heterocycles. The van der Waals surface area contributed by atoms with Crippen LogP contribution < -0.4 is 15.4 Å². The lowest BCUT2D eigenvalue weighted by Gasteiger charge is -2.54. The molecule has 1 aromatic heterocycles. The maximum absolute atomic E-state index is 14.4. The van der Waals surface area contributed by atoms with Gasteiger partial charge in [0, 0.05) is 43.7 Å². The molecule has 0 radical (unpaired) electrons. The summed E-state index contributed by atoms with van der Waals surface area (Å²) in [5.74, 6) is 0.674. The third kappa shape index (κ3) is 7.06. The van der Waals surface area contributed by atoms with Gasteiger partial charge in [0.05, 0.1) is 37.1 Å². The first-order valence-corrected chi connectivity index (χ1v) is 15.3. The van der Waals surface area contributed by atoms with Crippen LogP contribution in [0.2, 0.25) is 0 Å². The Morgan fingerprint density at radius 3 is 2.65 bits per heavy atom. The van der Waals surface area contributed by atoms with Crippen molar-refractivity contribution >= 4 is 24.1 Å². The third-order valence-corrected chi connectivity index (χ3v) is 9.28. The van der Waals surface area contributed by atoms with Gasteiger partial charge in [-0.15, -0.1) is 12.4 Å². The number of hydrogen-bond acceptors (Lipinski definition) is 9. The molecule has 1 amide bonds. The molecule has 1 spiro atoms. The number of benzene rings is 1. The Kier molecular flexibility index (Phi) is 10.1. The second kappa shape index (κ2) is 13.6. The Bertz CT molecular complexity index is 1240. The van der Waals surface area contributed by atoms with Crippen LogP contribution in [0.3, 0.4) is 0 Å². The number of amides is 1. The second-order valence-corrected chi connectivity index (χ2v) is 12.7. The molecule has 0 bridgehead atoms. The minimum absolute atomic E-state index is 0. The highest BCUT2D eigenvalue weighted by Crippen LogP contribution is 2.45.